The van der Waals surface area contributed by atoms with Crippen molar-refractivity contribution in [3.05, 3.63) is 58.7 Å². The molecule has 21 heavy (non-hydrogen) atoms. The van der Waals surface area contributed by atoms with Crippen LogP contribution in [0.4, 0.5) is 5.82 Å². The summed E-state index contributed by atoms with van der Waals surface area (Å²) in [6.45, 7) is 1.61. The second-order valence-electron chi connectivity index (χ2n) is 4.44. The molecule has 1 heterocycles. The van der Waals surface area contributed by atoms with Crippen molar-refractivity contribution in [2.24, 2.45) is 5.73 Å². The highest BCUT2D eigenvalue weighted by Gasteiger charge is 2.07. The Morgan fingerprint density at radius 3 is 2.62 bits per heavy atom. The minimum atomic E-state index is -0.587. The van der Waals surface area contributed by atoms with E-state index in [2.05, 4.69) is 22.1 Å². The number of carbonyl (C=O) groups is 1. The van der Waals surface area contributed by atoms with Crippen molar-refractivity contribution < 1.29 is 4.79 Å². The SMILES string of the molecule is CC(N)C(=O)Nc1cccc(C#Cc2ccc(Cl)cc2)n1. The molecular weight excluding hydrogens is 286 g/mol. The van der Waals surface area contributed by atoms with Crippen molar-refractivity contribution >= 4 is 23.3 Å². The van der Waals surface area contributed by atoms with Crippen molar-refractivity contribution in [2.75, 3.05) is 5.32 Å². The monoisotopic (exact) mass is 299 g/mol. The molecular formula is C16H14ClN3O. The van der Waals surface area contributed by atoms with Gasteiger partial charge < -0.3 is 11.1 Å². The highest BCUT2D eigenvalue weighted by Crippen LogP contribution is 2.09. The third kappa shape index (κ3) is 4.60. The molecule has 0 aliphatic rings. The normalized spacial score (nSPS) is 11.2. The van der Waals surface area contributed by atoms with Crippen LogP contribution in [0.15, 0.2) is 42.5 Å². The summed E-state index contributed by atoms with van der Waals surface area (Å²) in [4.78, 5) is 15.8. The Labute approximate surface area is 128 Å². The number of carbonyl (C=O) groups excluding carboxylic acids is 1. The summed E-state index contributed by atoms with van der Waals surface area (Å²) in [6.07, 6.45) is 0. The number of nitrogens with zero attached hydrogens (tertiary/aromatic N) is 1. The van der Waals surface area contributed by atoms with Crippen LogP contribution in [0.1, 0.15) is 18.2 Å². The minimum Gasteiger partial charge on any atom is -0.320 e. The van der Waals surface area contributed by atoms with E-state index < -0.39 is 6.04 Å². The first-order valence-electron chi connectivity index (χ1n) is 6.36. The summed E-state index contributed by atoms with van der Waals surface area (Å²) in [7, 11) is 0. The van der Waals surface area contributed by atoms with Crippen LogP contribution in [0.3, 0.4) is 0 Å². The lowest BCUT2D eigenvalue weighted by molar-refractivity contribution is -0.117. The van der Waals surface area contributed by atoms with Crippen LogP contribution >= 0.6 is 11.6 Å². The molecule has 0 fully saturated rings. The Bertz CT molecular complexity index is 699. The largest absolute Gasteiger partial charge is 0.320 e. The highest BCUT2D eigenvalue weighted by molar-refractivity contribution is 6.30. The number of halogens is 1. The molecule has 0 saturated carbocycles. The van der Waals surface area contributed by atoms with Gasteiger partial charge >= 0.3 is 0 Å². The number of nitrogens with one attached hydrogen (secondary N) is 1. The summed E-state index contributed by atoms with van der Waals surface area (Å²) in [5.41, 5.74) is 6.89. The van der Waals surface area contributed by atoms with Crippen LogP contribution in [-0.2, 0) is 4.79 Å². The van der Waals surface area contributed by atoms with Gasteiger partial charge in [-0.3, -0.25) is 4.79 Å². The Hall–Kier alpha value is -2.35. The molecule has 2 aromatic rings. The maximum absolute atomic E-state index is 11.5. The topological polar surface area (TPSA) is 68.0 Å². The molecule has 1 aromatic carbocycles. The fourth-order valence-electron chi connectivity index (χ4n) is 1.48. The lowest BCUT2D eigenvalue weighted by Gasteiger charge is -2.06. The summed E-state index contributed by atoms with van der Waals surface area (Å²) in [5.74, 6) is 6.06. The maximum atomic E-state index is 11.5. The van der Waals surface area contributed by atoms with Crippen molar-refractivity contribution in [3.8, 4) is 11.8 Å². The van der Waals surface area contributed by atoms with E-state index in [0.29, 0.717) is 16.5 Å². The fraction of sp³-hybridized carbons (Fsp3) is 0.125. The molecule has 0 aliphatic carbocycles. The van der Waals surface area contributed by atoms with Gasteiger partial charge in [-0.05, 0) is 49.2 Å². The zero-order valence-corrected chi connectivity index (χ0v) is 12.2. The second-order valence-corrected chi connectivity index (χ2v) is 4.88. The predicted molar refractivity (Wildman–Crippen MR) is 83.9 cm³/mol. The number of benzene rings is 1. The van der Waals surface area contributed by atoms with Crippen molar-refractivity contribution in [3.63, 3.8) is 0 Å². The molecule has 0 radical (unpaired) electrons. The molecule has 1 amide bonds. The number of anilines is 1. The summed E-state index contributed by atoms with van der Waals surface area (Å²) < 4.78 is 0. The number of pyridine rings is 1. The first-order chi connectivity index (χ1) is 10.0. The van der Waals surface area contributed by atoms with E-state index in [9.17, 15) is 4.79 Å². The van der Waals surface area contributed by atoms with Gasteiger partial charge in [-0.25, -0.2) is 4.98 Å². The number of hydrogen-bond acceptors (Lipinski definition) is 3. The molecule has 1 atom stereocenters. The van der Waals surface area contributed by atoms with E-state index in [4.69, 9.17) is 17.3 Å². The number of aromatic nitrogens is 1. The summed E-state index contributed by atoms with van der Waals surface area (Å²) in [6, 6.07) is 11.9. The van der Waals surface area contributed by atoms with Gasteiger partial charge in [-0.2, -0.15) is 0 Å². The van der Waals surface area contributed by atoms with Gasteiger partial charge in [0.05, 0.1) is 6.04 Å². The lowest BCUT2D eigenvalue weighted by Crippen LogP contribution is -2.32. The average molecular weight is 300 g/mol. The van der Waals surface area contributed by atoms with Crippen LogP contribution in [0.25, 0.3) is 0 Å². The highest BCUT2D eigenvalue weighted by atomic mass is 35.5. The van der Waals surface area contributed by atoms with Crippen molar-refractivity contribution in [2.45, 2.75) is 13.0 Å². The van der Waals surface area contributed by atoms with Crippen LogP contribution < -0.4 is 11.1 Å². The number of hydrogen-bond donors (Lipinski definition) is 2. The number of rotatable bonds is 2. The van der Waals surface area contributed by atoms with Gasteiger partial charge in [0.25, 0.3) is 0 Å². The molecule has 0 aliphatic heterocycles. The van der Waals surface area contributed by atoms with E-state index in [1.807, 2.05) is 12.1 Å². The Balaban J connectivity index is 2.15. The van der Waals surface area contributed by atoms with Gasteiger partial charge in [0.1, 0.15) is 11.5 Å². The first-order valence-corrected chi connectivity index (χ1v) is 6.73. The zero-order chi connectivity index (χ0) is 15.2. The van der Waals surface area contributed by atoms with Crippen LogP contribution in [0.5, 0.6) is 0 Å². The van der Waals surface area contributed by atoms with Crippen LogP contribution in [0, 0.1) is 11.8 Å². The van der Waals surface area contributed by atoms with E-state index in [1.54, 1.807) is 37.3 Å². The third-order valence-electron chi connectivity index (χ3n) is 2.59. The molecule has 4 nitrogen and oxygen atoms in total. The molecule has 5 heteroatoms. The summed E-state index contributed by atoms with van der Waals surface area (Å²) >= 11 is 5.81. The molecule has 0 bridgehead atoms. The predicted octanol–water partition coefficient (Wildman–Crippen LogP) is 2.42. The van der Waals surface area contributed by atoms with E-state index in [0.717, 1.165) is 5.56 Å². The molecule has 2 rings (SSSR count). The Morgan fingerprint density at radius 1 is 1.24 bits per heavy atom. The number of amides is 1. The van der Waals surface area contributed by atoms with Crippen LogP contribution in [-0.4, -0.2) is 16.9 Å². The molecule has 0 saturated heterocycles. The molecule has 1 aromatic heterocycles. The van der Waals surface area contributed by atoms with Crippen molar-refractivity contribution in [1.29, 1.82) is 0 Å². The van der Waals surface area contributed by atoms with Gasteiger partial charge in [-0.1, -0.05) is 23.6 Å². The van der Waals surface area contributed by atoms with E-state index in [1.165, 1.54) is 0 Å². The van der Waals surface area contributed by atoms with Gasteiger partial charge in [0, 0.05) is 10.6 Å². The molecule has 3 N–H and O–H groups in total. The van der Waals surface area contributed by atoms with Gasteiger partial charge in [0.15, 0.2) is 0 Å². The standard InChI is InChI=1S/C16H14ClN3O/c1-11(18)16(21)20-15-4-2-3-14(19-15)10-7-12-5-8-13(17)9-6-12/h2-6,8-9,11H,18H2,1H3,(H,19,20,21). The summed E-state index contributed by atoms with van der Waals surface area (Å²) in [5, 5.41) is 3.29. The molecule has 106 valence electrons. The average Bonchev–Trinajstić information content (AvgIpc) is 2.47. The third-order valence-corrected chi connectivity index (χ3v) is 2.85. The fourth-order valence-corrected chi connectivity index (χ4v) is 1.61. The Morgan fingerprint density at radius 2 is 1.95 bits per heavy atom. The quantitative estimate of drug-likeness (QED) is 0.837. The van der Waals surface area contributed by atoms with Crippen LogP contribution in [0.2, 0.25) is 5.02 Å². The van der Waals surface area contributed by atoms with Gasteiger partial charge in [0.2, 0.25) is 5.91 Å². The number of nitrogens with two attached hydrogens (primary N) is 1. The Kier molecular flexibility index (Phi) is 4.94. The smallest absolute Gasteiger partial charge is 0.242 e. The molecule has 1 unspecified atom stereocenters. The zero-order valence-electron chi connectivity index (χ0n) is 11.4. The minimum absolute atomic E-state index is 0.287. The van der Waals surface area contributed by atoms with E-state index >= 15 is 0 Å². The second kappa shape index (κ2) is 6.89. The maximum Gasteiger partial charge on any atom is 0.242 e. The van der Waals surface area contributed by atoms with E-state index in [-0.39, 0.29) is 5.91 Å². The van der Waals surface area contributed by atoms with Crippen molar-refractivity contribution in [1.82, 2.24) is 4.98 Å². The molecule has 0 spiro atoms. The van der Waals surface area contributed by atoms with Gasteiger partial charge in [-0.15, -0.1) is 0 Å². The lowest BCUT2D eigenvalue weighted by atomic mass is 10.2. The first kappa shape index (κ1) is 15.0.